The number of carbonyl (C=O) groups excluding carboxylic acids is 1. The highest BCUT2D eigenvalue weighted by Gasteiger charge is 2.25. The van der Waals surface area contributed by atoms with Crippen molar-refractivity contribution in [3.8, 4) is 5.69 Å². The number of amides is 1. The third kappa shape index (κ3) is 5.01. The summed E-state index contributed by atoms with van der Waals surface area (Å²) in [6, 6.07) is 6.07. The number of nitrogens with zero attached hydrogens (tertiary/aromatic N) is 5. The number of hydrogen-bond acceptors (Lipinski definition) is 6. The van der Waals surface area contributed by atoms with Gasteiger partial charge in [-0.25, -0.2) is 4.68 Å². The van der Waals surface area contributed by atoms with Crippen LogP contribution in [0.5, 0.6) is 0 Å². The fraction of sp³-hybridized carbons (Fsp3) is 0.471. The van der Waals surface area contributed by atoms with Crippen LogP contribution in [-0.2, 0) is 0 Å². The summed E-state index contributed by atoms with van der Waals surface area (Å²) in [5.41, 5.74) is 0.719. The van der Waals surface area contributed by atoms with Crippen LogP contribution in [0.3, 0.4) is 0 Å². The zero-order valence-corrected chi connectivity index (χ0v) is 15.9. The molecule has 1 saturated heterocycles. The van der Waals surface area contributed by atoms with E-state index in [2.05, 4.69) is 15.6 Å². The molecule has 146 valence electrons. The fourth-order valence-electron chi connectivity index (χ4n) is 3.17. The van der Waals surface area contributed by atoms with Crippen LogP contribution in [0.2, 0.25) is 0 Å². The number of non-ortho nitro benzene ring substituents is 1. The van der Waals surface area contributed by atoms with Crippen LogP contribution in [0.25, 0.3) is 5.69 Å². The number of nitro groups is 1. The number of nitrogens with one attached hydrogen (secondary N) is 1. The summed E-state index contributed by atoms with van der Waals surface area (Å²) in [4.78, 5) is 24.9. The molecule has 1 aliphatic rings. The first kappa shape index (κ1) is 20.8. The second-order valence-corrected chi connectivity index (χ2v) is 6.45. The topological polar surface area (TPSA) is 106 Å². The average Bonchev–Trinajstić information content (AvgIpc) is 3.16. The van der Waals surface area contributed by atoms with Crippen molar-refractivity contribution in [3.05, 3.63) is 46.3 Å². The molecule has 3 rings (SSSR count). The van der Waals surface area contributed by atoms with E-state index in [0.29, 0.717) is 11.6 Å². The zero-order chi connectivity index (χ0) is 18.5. The third-order valence-corrected chi connectivity index (χ3v) is 4.72. The predicted molar refractivity (Wildman–Crippen MR) is 102 cm³/mol. The maximum Gasteiger partial charge on any atom is 0.276 e. The molecular formula is C17H23ClN6O3. The van der Waals surface area contributed by atoms with Gasteiger partial charge in [-0.3, -0.25) is 14.9 Å². The minimum Gasteiger partial charge on any atom is -0.337 e. The Morgan fingerprint density at radius 3 is 2.78 bits per heavy atom. The van der Waals surface area contributed by atoms with Crippen LogP contribution in [-0.4, -0.2) is 57.4 Å². The van der Waals surface area contributed by atoms with Crippen molar-refractivity contribution >= 4 is 24.0 Å². The minimum absolute atomic E-state index is 0. The molecule has 1 fully saturated rings. The van der Waals surface area contributed by atoms with Crippen molar-refractivity contribution in [1.29, 1.82) is 0 Å². The van der Waals surface area contributed by atoms with E-state index in [-0.39, 0.29) is 29.7 Å². The summed E-state index contributed by atoms with van der Waals surface area (Å²) in [5, 5.41) is 22.0. The van der Waals surface area contributed by atoms with E-state index in [1.165, 1.54) is 23.0 Å². The molecule has 1 amide bonds. The Bertz CT molecular complexity index is 788. The lowest BCUT2D eigenvalue weighted by atomic mass is 9.93. The lowest BCUT2D eigenvalue weighted by Gasteiger charge is -2.31. The van der Waals surface area contributed by atoms with Gasteiger partial charge in [0.05, 0.1) is 16.8 Å². The van der Waals surface area contributed by atoms with Gasteiger partial charge in [-0.05, 0) is 44.8 Å². The molecule has 1 aliphatic heterocycles. The van der Waals surface area contributed by atoms with Gasteiger partial charge in [0.2, 0.25) is 0 Å². The van der Waals surface area contributed by atoms with E-state index < -0.39 is 4.92 Å². The molecule has 0 spiro atoms. The molecule has 0 radical (unpaired) electrons. The molecule has 9 nitrogen and oxygen atoms in total. The van der Waals surface area contributed by atoms with E-state index in [1.807, 2.05) is 7.05 Å². The third-order valence-electron chi connectivity index (χ3n) is 4.72. The first-order valence-electron chi connectivity index (χ1n) is 8.69. The summed E-state index contributed by atoms with van der Waals surface area (Å²) in [5.74, 6) is 0.501. The van der Waals surface area contributed by atoms with Crippen molar-refractivity contribution < 1.29 is 9.72 Å². The van der Waals surface area contributed by atoms with E-state index in [0.717, 1.165) is 38.9 Å². The SMILES string of the molecule is CNCCC1CCN(C(=O)c2cn(-c3cccc([N+](=O)[O-])c3)nn2)CC1.Cl. The molecule has 0 atom stereocenters. The number of benzene rings is 1. The largest absolute Gasteiger partial charge is 0.337 e. The van der Waals surface area contributed by atoms with Crippen LogP contribution < -0.4 is 5.32 Å². The first-order valence-corrected chi connectivity index (χ1v) is 8.69. The van der Waals surface area contributed by atoms with Gasteiger partial charge in [0.25, 0.3) is 11.6 Å². The van der Waals surface area contributed by atoms with Gasteiger partial charge in [0.1, 0.15) is 0 Å². The molecule has 1 N–H and O–H groups in total. The van der Waals surface area contributed by atoms with Gasteiger partial charge in [-0.1, -0.05) is 11.3 Å². The first-order chi connectivity index (χ1) is 12.6. The highest BCUT2D eigenvalue weighted by Crippen LogP contribution is 2.21. The Hall–Kier alpha value is -2.52. The summed E-state index contributed by atoms with van der Waals surface area (Å²) < 4.78 is 1.39. The Balaban J connectivity index is 0.00000261. The number of nitro benzene ring substituents is 1. The van der Waals surface area contributed by atoms with Crippen molar-refractivity contribution in [1.82, 2.24) is 25.2 Å². The van der Waals surface area contributed by atoms with E-state index in [9.17, 15) is 14.9 Å². The zero-order valence-electron chi connectivity index (χ0n) is 15.1. The van der Waals surface area contributed by atoms with Crippen LogP contribution in [0.1, 0.15) is 29.8 Å². The Labute approximate surface area is 163 Å². The summed E-state index contributed by atoms with van der Waals surface area (Å²) in [6.07, 6.45) is 4.63. The van der Waals surface area contributed by atoms with Crippen molar-refractivity contribution in [2.45, 2.75) is 19.3 Å². The van der Waals surface area contributed by atoms with Crippen LogP contribution >= 0.6 is 12.4 Å². The van der Waals surface area contributed by atoms with Crippen molar-refractivity contribution in [2.75, 3.05) is 26.7 Å². The van der Waals surface area contributed by atoms with Crippen molar-refractivity contribution in [3.63, 3.8) is 0 Å². The van der Waals surface area contributed by atoms with Crippen LogP contribution in [0, 0.1) is 16.0 Å². The average molecular weight is 395 g/mol. The second kappa shape index (κ2) is 9.43. The molecular weight excluding hydrogens is 372 g/mol. The van der Waals surface area contributed by atoms with E-state index in [1.54, 1.807) is 17.0 Å². The number of piperidine rings is 1. The summed E-state index contributed by atoms with van der Waals surface area (Å²) in [6.45, 7) is 2.43. The number of aromatic nitrogens is 3. The smallest absolute Gasteiger partial charge is 0.276 e. The van der Waals surface area contributed by atoms with Gasteiger partial charge in [0, 0.05) is 25.2 Å². The highest BCUT2D eigenvalue weighted by atomic mass is 35.5. The van der Waals surface area contributed by atoms with E-state index in [4.69, 9.17) is 0 Å². The molecule has 0 unspecified atom stereocenters. The second-order valence-electron chi connectivity index (χ2n) is 6.45. The number of likely N-dealkylation sites (tertiary alicyclic amines) is 1. The monoisotopic (exact) mass is 394 g/mol. The molecule has 2 heterocycles. The Morgan fingerprint density at radius 1 is 1.37 bits per heavy atom. The molecule has 27 heavy (non-hydrogen) atoms. The molecule has 1 aromatic heterocycles. The van der Waals surface area contributed by atoms with Crippen LogP contribution in [0.15, 0.2) is 30.5 Å². The fourth-order valence-corrected chi connectivity index (χ4v) is 3.17. The maximum absolute atomic E-state index is 12.6. The van der Waals surface area contributed by atoms with Gasteiger partial charge in [-0.2, -0.15) is 0 Å². The molecule has 10 heteroatoms. The number of carbonyl (C=O) groups is 1. The molecule has 0 bridgehead atoms. The van der Waals surface area contributed by atoms with Gasteiger partial charge in [-0.15, -0.1) is 17.5 Å². The molecule has 0 saturated carbocycles. The highest BCUT2D eigenvalue weighted by molar-refractivity contribution is 5.92. The van der Waals surface area contributed by atoms with Crippen molar-refractivity contribution in [2.24, 2.45) is 5.92 Å². The standard InChI is InChI=1S/C17H22N6O3.ClH/c1-18-8-5-13-6-9-21(10-7-13)17(24)16-12-22(20-19-16)14-3-2-4-15(11-14)23(25)26;/h2-4,11-13,18H,5-10H2,1H3;1H. The van der Waals surface area contributed by atoms with Crippen LogP contribution in [0.4, 0.5) is 5.69 Å². The number of halogens is 1. The van der Waals surface area contributed by atoms with E-state index >= 15 is 0 Å². The quantitative estimate of drug-likeness (QED) is 0.593. The summed E-state index contributed by atoms with van der Waals surface area (Å²) in [7, 11) is 1.95. The van der Waals surface area contributed by atoms with Gasteiger partial charge in [0.15, 0.2) is 5.69 Å². The van der Waals surface area contributed by atoms with Gasteiger partial charge < -0.3 is 10.2 Å². The van der Waals surface area contributed by atoms with Gasteiger partial charge >= 0.3 is 0 Å². The predicted octanol–water partition coefficient (Wildman–Crippen LogP) is 2.06. The normalized spacial score (nSPS) is 14.6. The maximum atomic E-state index is 12.6. The minimum atomic E-state index is -0.468. The lowest BCUT2D eigenvalue weighted by molar-refractivity contribution is -0.384. The lowest BCUT2D eigenvalue weighted by Crippen LogP contribution is -2.39. The molecule has 1 aromatic carbocycles. The number of rotatable bonds is 6. The summed E-state index contributed by atoms with van der Waals surface area (Å²) >= 11 is 0. The Morgan fingerprint density at radius 2 is 2.11 bits per heavy atom. The molecule has 0 aliphatic carbocycles. The molecule has 2 aromatic rings. The number of hydrogen-bond donors (Lipinski definition) is 1. The Kier molecular flexibility index (Phi) is 7.26.